The summed E-state index contributed by atoms with van der Waals surface area (Å²) >= 11 is 0. The maximum absolute atomic E-state index is 10.9. The number of fused-ring (bicyclic) bond motifs is 4. The Morgan fingerprint density at radius 2 is 2.08 bits per heavy atom. The summed E-state index contributed by atoms with van der Waals surface area (Å²) in [4.78, 5) is 5.26. The van der Waals surface area contributed by atoms with Crippen molar-refractivity contribution in [3.05, 3.63) is 71.4 Å². The Balaban J connectivity index is 0.000000463. The fourth-order valence-corrected chi connectivity index (χ4v) is 7.80. The third kappa shape index (κ3) is 3.34. The first kappa shape index (κ1) is 24.5. The van der Waals surface area contributed by atoms with E-state index >= 15 is 0 Å². The van der Waals surface area contributed by atoms with Crippen molar-refractivity contribution in [2.75, 3.05) is 26.0 Å². The summed E-state index contributed by atoms with van der Waals surface area (Å²) < 4.78 is 40.9. The Kier molecular flexibility index (Phi) is 5.51. The highest BCUT2D eigenvalue weighted by molar-refractivity contribution is 7.84. The molecule has 2 bridgehead atoms. The van der Waals surface area contributed by atoms with Crippen molar-refractivity contribution < 1.29 is 32.5 Å². The molecule has 9 heteroatoms. The number of rotatable bonds is 4. The highest BCUT2D eigenvalue weighted by Crippen LogP contribution is 2.68. The number of para-hydroxylation sites is 1. The molecule has 3 N–H and O–H groups in total. The number of phenols is 1. The predicted molar refractivity (Wildman–Crippen MR) is 138 cm³/mol. The third-order valence-corrected chi connectivity index (χ3v) is 8.78. The Morgan fingerprint density at radius 3 is 2.81 bits per heavy atom. The van der Waals surface area contributed by atoms with Crippen LogP contribution < -0.4 is 9.64 Å². The summed E-state index contributed by atoms with van der Waals surface area (Å²) in [5.74, 6) is 0.920. The fourth-order valence-electron chi connectivity index (χ4n) is 7.80. The molecule has 2 aromatic carbocycles. The zero-order chi connectivity index (χ0) is 26.2. The monoisotopic (exact) mass is 524 g/mol. The SMILES string of the molecule is C=CC[NH+]1CC[C@]23c4c5ccc(O)c4O[C@H]2c2[nH]c4ccccc4c2C[C@@]3(OCC)[C@H]1C5.CS(=O)(=O)[O-]. The van der Waals surface area contributed by atoms with E-state index in [1.165, 1.54) is 22.1 Å². The molecule has 8 nitrogen and oxygen atoms in total. The number of aromatic amines is 1. The maximum Gasteiger partial charge on any atom is 0.166 e. The number of piperidine rings is 1. The van der Waals surface area contributed by atoms with Gasteiger partial charge in [0.05, 0.1) is 34.3 Å². The smallest absolute Gasteiger partial charge is 0.166 e. The number of nitrogens with one attached hydrogen (secondary N) is 2. The van der Waals surface area contributed by atoms with Gasteiger partial charge in [-0.05, 0) is 36.3 Å². The van der Waals surface area contributed by atoms with Gasteiger partial charge in [-0.1, -0.05) is 30.8 Å². The molecule has 5 atom stereocenters. The van der Waals surface area contributed by atoms with Crippen LogP contribution in [0.5, 0.6) is 11.5 Å². The third-order valence-electron chi connectivity index (χ3n) is 8.78. The zero-order valence-electron chi connectivity index (χ0n) is 21.0. The molecular formula is C28H32N2O6S. The van der Waals surface area contributed by atoms with E-state index in [1.807, 2.05) is 12.1 Å². The van der Waals surface area contributed by atoms with E-state index in [9.17, 15) is 5.11 Å². The summed E-state index contributed by atoms with van der Waals surface area (Å²) in [5, 5.41) is 12.1. The highest BCUT2D eigenvalue weighted by Gasteiger charge is 2.75. The van der Waals surface area contributed by atoms with Gasteiger partial charge in [0.25, 0.3) is 0 Å². The fraction of sp³-hybridized carbons (Fsp3) is 0.429. The summed E-state index contributed by atoms with van der Waals surface area (Å²) in [6, 6.07) is 12.8. The molecule has 2 aliphatic heterocycles. The van der Waals surface area contributed by atoms with Crippen molar-refractivity contribution in [2.24, 2.45) is 0 Å². The van der Waals surface area contributed by atoms with E-state index in [2.05, 4.69) is 48.8 Å². The average molecular weight is 525 g/mol. The van der Waals surface area contributed by atoms with Gasteiger partial charge in [0.15, 0.2) is 17.6 Å². The molecule has 3 aromatic rings. The van der Waals surface area contributed by atoms with Gasteiger partial charge in [-0.25, -0.2) is 8.42 Å². The second-order valence-electron chi connectivity index (χ2n) is 10.6. The first-order valence-corrected chi connectivity index (χ1v) is 14.6. The number of ether oxygens (including phenoxy) is 2. The van der Waals surface area contributed by atoms with Crippen molar-refractivity contribution in [3.63, 3.8) is 0 Å². The Morgan fingerprint density at radius 1 is 1.32 bits per heavy atom. The molecule has 2 aliphatic carbocycles. The first-order valence-electron chi connectivity index (χ1n) is 12.8. The van der Waals surface area contributed by atoms with Gasteiger partial charge in [-0.2, -0.15) is 0 Å². The number of H-pyrrole nitrogens is 1. The van der Waals surface area contributed by atoms with Crippen molar-refractivity contribution in [2.45, 2.75) is 49.3 Å². The normalized spacial score (nSPS) is 30.5. The van der Waals surface area contributed by atoms with E-state index in [4.69, 9.17) is 22.4 Å². The second kappa shape index (κ2) is 8.33. The molecular weight excluding hydrogens is 492 g/mol. The molecule has 1 aromatic heterocycles. The van der Waals surface area contributed by atoms with Gasteiger partial charge in [0, 0.05) is 48.6 Å². The molecule has 0 saturated carbocycles. The lowest BCUT2D eigenvalue weighted by Gasteiger charge is -2.62. The van der Waals surface area contributed by atoms with Crippen LogP contribution in [0.2, 0.25) is 0 Å². The van der Waals surface area contributed by atoms with Gasteiger partial charge in [-0.15, -0.1) is 0 Å². The lowest BCUT2D eigenvalue weighted by Crippen LogP contribution is -3.21. The van der Waals surface area contributed by atoms with Crippen LogP contribution in [0.3, 0.4) is 0 Å². The molecule has 1 fully saturated rings. The zero-order valence-corrected chi connectivity index (χ0v) is 21.9. The van der Waals surface area contributed by atoms with E-state index in [0.29, 0.717) is 24.7 Å². The van der Waals surface area contributed by atoms with E-state index in [0.717, 1.165) is 43.6 Å². The standard InChI is InChI=1S/C27H28N2O3.CH4O3S/c1-3-12-29-13-11-26-22-16-9-10-20(30)24(22)32-25(26)23-18(17-7-5-6-8-19(17)28-23)15-27(26,31-4-2)21(29)14-16;1-5(2,3)4/h3,5-10,21,25,28,30H,1,4,11-15H2,2H3;1H3,(H,2,3,4)/t21-,25+,26+,27-;/m1./s1. The Hall–Kier alpha value is -2.85. The van der Waals surface area contributed by atoms with Gasteiger partial charge in [0.1, 0.15) is 11.6 Å². The van der Waals surface area contributed by atoms with Crippen LogP contribution in [0.25, 0.3) is 10.9 Å². The predicted octanol–water partition coefficient (Wildman–Crippen LogP) is 2.14. The van der Waals surface area contributed by atoms with Crippen LogP contribution in [-0.4, -0.2) is 60.7 Å². The number of phenolic OH excluding ortho intramolecular Hbond substituents is 1. The van der Waals surface area contributed by atoms with Gasteiger partial charge in [0.2, 0.25) is 0 Å². The van der Waals surface area contributed by atoms with Crippen molar-refractivity contribution >= 4 is 21.0 Å². The van der Waals surface area contributed by atoms with Crippen molar-refractivity contribution in [3.8, 4) is 11.5 Å². The average Bonchev–Trinajstić information content (AvgIpc) is 3.37. The van der Waals surface area contributed by atoms with Gasteiger partial charge < -0.3 is 29.0 Å². The minimum absolute atomic E-state index is 0.180. The summed E-state index contributed by atoms with van der Waals surface area (Å²) in [6.45, 7) is 8.81. The maximum atomic E-state index is 10.9. The van der Waals surface area contributed by atoms with E-state index in [1.54, 1.807) is 4.90 Å². The van der Waals surface area contributed by atoms with Crippen LogP contribution in [0.1, 0.15) is 41.8 Å². The Labute approximate surface area is 216 Å². The Bertz CT molecular complexity index is 1510. The quantitative estimate of drug-likeness (QED) is 0.356. The minimum Gasteiger partial charge on any atom is -0.748 e. The lowest BCUT2D eigenvalue weighted by atomic mass is 9.48. The number of benzene rings is 2. The van der Waals surface area contributed by atoms with Crippen molar-refractivity contribution in [1.82, 2.24) is 4.98 Å². The van der Waals surface area contributed by atoms with Gasteiger partial charge >= 0.3 is 0 Å². The molecule has 7 rings (SSSR count). The molecule has 1 saturated heterocycles. The highest BCUT2D eigenvalue weighted by atomic mass is 32.2. The molecule has 0 amide bonds. The summed E-state index contributed by atoms with van der Waals surface area (Å²) in [6.07, 6.45) is 5.23. The molecule has 1 spiro atoms. The molecule has 3 heterocycles. The van der Waals surface area contributed by atoms with Crippen LogP contribution in [0.15, 0.2) is 49.1 Å². The summed E-state index contributed by atoms with van der Waals surface area (Å²) in [7, 11) is -3.92. The molecule has 196 valence electrons. The van der Waals surface area contributed by atoms with E-state index < -0.39 is 10.1 Å². The lowest BCUT2D eigenvalue weighted by molar-refractivity contribution is -0.937. The molecule has 4 aliphatic rings. The summed E-state index contributed by atoms with van der Waals surface area (Å²) in [5.41, 5.74) is 5.45. The number of hydrogen-bond donors (Lipinski definition) is 3. The minimum atomic E-state index is -3.92. The number of aromatic hydroxyl groups is 1. The largest absolute Gasteiger partial charge is 0.748 e. The van der Waals surface area contributed by atoms with Crippen LogP contribution >= 0.6 is 0 Å². The number of hydrogen-bond acceptors (Lipinski definition) is 6. The number of likely N-dealkylation sites (tertiary alicyclic amines) is 1. The van der Waals surface area contributed by atoms with Crippen LogP contribution in [0.4, 0.5) is 0 Å². The molecule has 1 unspecified atom stereocenters. The molecule has 37 heavy (non-hydrogen) atoms. The van der Waals surface area contributed by atoms with Crippen molar-refractivity contribution in [1.29, 1.82) is 0 Å². The molecule has 0 radical (unpaired) electrons. The van der Waals surface area contributed by atoms with Gasteiger partial charge in [-0.3, -0.25) is 0 Å². The van der Waals surface area contributed by atoms with E-state index in [-0.39, 0.29) is 22.9 Å². The first-order chi connectivity index (χ1) is 17.6. The van der Waals surface area contributed by atoms with Crippen LogP contribution in [0, 0.1) is 0 Å². The topological polar surface area (TPSA) is 116 Å². The number of quaternary nitrogens is 1. The second-order valence-corrected chi connectivity index (χ2v) is 12.0. The number of aromatic nitrogens is 1. The van der Waals surface area contributed by atoms with Crippen LogP contribution in [-0.2, 0) is 33.1 Å².